The fraction of sp³-hybridized carbons (Fsp3) is 0.182. The number of halogens is 2. The molecule has 0 unspecified atom stereocenters. The Balaban J connectivity index is 0.00000104. The fourth-order valence-electron chi connectivity index (χ4n) is 3.77. The van der Waals surface area contributed by atoms with E-state index in [1.165, 1.54) is 43.8 Å². The molecule has 0 aliphatic carbocycles. The number of hydrogen-bond acceptors (Lipinski definition) is 0. The largest absolute Gasteiger partial charge is 4.00 e. The molecule has 0 spiro atoms. The maximum absolute atomic E-state index is 2.32. The minimum atomic E-state index is 0. The molecule has 126 valence electrons. The molecule has 0 amide bonds. The number of benzene rings is 2. The molecule has 0 heterocycles. The zero-order valence-electron chi connectivity index (χ0n) is 14.4. The number of hydrogen-bond donors (Lipinski definition) is 0. The van der Waals surface area contributed by atoms with E-state index in [9.17, 15) is 0 Å². The molecule has 0 nitrogen and oxygen atoms in total. The van der Waals surface area contributed by atoms with Crippen molar-refractivity contribution in [1.29, 1.82) is 0 Å². The third-order valence-electron chi connectivity index (χ3n) is 4.89. The van der Waals surface area contributed by atoms with Gasteiger partial charge in [-0.15, -0.1) is 81.2 Å². The van der Waals surface area contributed by atoms with E-state index in [4.69, 9.17) is 0 Å². The van der Waals surface area contributed by atoms with Gasteiger partial charge in [0.15, 0.2) is 0 Å². The molecule has 25 heavy (non-hydrogen) atoms. The van der Waals surface area contributed by atoms with E-state index < -0.39 is 0 Å². The van der Waals surface area contributed by atoms with Crippen LogP contribution in [0.5, 0.6) is 0 Å². The summed E-state index contributed by atoms with van der Waals surface area (Å²) in [5, 5.41) is 5.60. The topological polar surface area (TPSA) is 0 Å². The van der Waals surface area contributed by atoms with E-state index in [1.54, 1.807) is 0 Å². The monoisotopic (exact) mass is 402 g/mol. The number of fused-ring (bicyclic) bond motifs is 2. The molecular weight excluding hydrogens is 383 g/mol. The van der Waals surface area contributed by atoms with E-state index in [-0.39, 0.29) is 46.5 Å². The molecular formula is C22H20Cl2Ti. The number of aryl methyl sites for hydroxylation is 4. The van der Waals surface area contributed by atoms with Gasteiger partial charge in [-0.3, -0.25) is 0 Å². The Morgan fingerprint density at radius 1 is 0.640 bits per heavy atom. The summed E-state index contributed by atoms with van der Waals surface area (Å²) in [6.07, 6.45) is 2.24. The molecule has 0 aliphatic rings. The fourth-order valence-corrected chi connectivity index (χ4v) is 3.77. The second kappa shape index (κ2) is 9.06. The molecule has 0 bridgehead atoms. The van der Waals surface area contributed by atoms with Crippen LogP contribution < -0.4 is 24.8 Å². The average molecular weight is 403 g/mol. The molecule has 4 aromatic rings. The molecule has 4 aromatic carbocycles. The summed E-state index contributed by atoms with van der Waals surface area (Å²) in [6, 6.07) is 22.1. The third kappa shape index (κ3) is 4.04. The van der Waals surface area contributed by atoms with E-state index in [0.717, 1.165) is 12.8 Å². The summed E-state index contributed by atoms with van der Waals surface area (Å²) in [6.45, 7) is 4.48. The molecule has 0 saturated heterocycles. The average Bonchev–Trinajstić information content (AvgIpc) is 3.01. The predicted molar refractivity (Wildman–Crippen MR) is 96.0 cm³/mol. The zero-order valence-corrected chi connectivity index (χ0v) is 17.5. The van der Waals surface area contributed by atoms with Crippen LogP contribution in [-0.2, 0) is 34.6 Å². The smallest absolute Gasteiger partial charge is 1.00 e. The van der Waals surface area contributed by atoms with Gasteiger partial charge in [0.25, 0.3) is 0 Å². The molecule has 0 aromatic heterocycles. The molecule has 0 saturated carbocycles. The van der Waals surface area contributed by atoms with Crippen molar-refractivity contribution in [3.8, 4) is 0 Å². The summed E-state index contributed by atoms with van der Waals surface area (Å²) in [4.78, 5) is 0. The van der Waals surface area contributed by atoms with Gasteiger partial charge in [0.2, 0.25) is 0 Å². The molecule has 0 radical (unpaired) electrons. The molecule has 0 aliphatic heterocycles. The van der Waals surface area contributed by atoms with Crippen LogP contribution in [0.25, 0.3) is 21.5 Å². The van der Waals surface area contributed by atoms with E-state index in [1.807, 2.05) is 0 Å². The van der Waals surface area contributed by atoms with Gasteiger partial charge in [-0.1, -0.05) is 38.8 Å². The minimum absolute atomic E-state index is 0. The summed E-state index contributed by atoms with van der Waals surface area (Å²) in [5.41, 5.74) is 5.88. The Kier molecular flexibility index (Phi) is 7.97. The maximum atomic E-state index is 2.32. The first-order chi connectivity index (χ1) is 10.7. The molecule has 0 atom stereocenters. The summed E-state index contributed by atoms with van der Waals surface area (Å²) < 4.78 is 0. The Morgan fingerprint density at radius 3 is 1.40 bits per heavy atom. The van der Waals surface area contributed by atoms with Crippen molar-refractivity contribution in [2.45, 2.75) is 26.7 Å². The standard InChI is InChI=1S/C22H20.2ClH.Ti/c1-15-13-17-7-3-5-9-21(17)19(15)11-12-20-16(2)14-18-8-4-6-10-22(18)20;;;/h3-10,13-14H,11-12H2,1-2H3;2*1H;/q-2;;;+4/p-2. The van der Waals surface area contributed by atoms with Gasteiger partial charge in [-0.25, -0.2) is 0 Å². The summed E-state index contributed by atoms with van der Waals surface area (Å²) in [5.74, 6) is 0. The maximum Gasteiger partial charge on any atom is 4.00 e. The Morgan fingerprint density at radius 2 is 1.00 bits per heavy atom. The molecule has 4 rings (SSSR count). The molecule has 0 fully saturated rings. The normalized spacial score (nSPS) is 10.2. The Hall–Kier alpha value is -1.05. The van der Waals surface area contributed by atoms with Gasteiger partial charge in [0.05, 0.1) is 0 Å². The molecule has 3 heteroatoms. The number of rotatable bonds is 3. The second-order valence-corrected chi connectivity index (χ2v) is 6.29. The van der Waals surface area contributed by atoms with Crippen molar-refractivity contribution in [2.75, 3.05) is 0 Å². The van der Waals surface area contributed by atoms with E-state index >= 15 is 0 Å². The zero-order chi connectivity index (χ0) is 15.1. The van der Waals surface area contributed by atoms with Crippen molar-refractivity contribution in [3.05, 3.63) is 82.9 Å². The van der Waals surface area contributed by atoms with Crippen molar-refractivity contribution in [3.63, 3.8) is 0 Å². The Bertz CT molecular complexity index is 883. The molecule has 0 N–H and O–H groups in total. The van der Waals surface area contributed by atoms with Crippen molar-refractivity contribution < 1.29 is 46.5 Å². The minimum Gasteiger partial charge on any atom is -1.00 e. The summed E-state index contributed by atoms with van der Waals surface area (Å²) >= 11 is 0. The van der Waals surface area contributed by atoms with Crippen molar-refractivity contribution in [2.24, 2.45) is 0 Å². The summed E-state index contributed by atoms with van der Waals surface area (Å²) in [7, 11) is 0. The van der Waals surface area contributed by atoms with Gasteiger partial charge in [-0.2, -0.15) is 11.1 Å². The van der Waals surface area contributed by atoms with Crippen LogP contribution in [0.3, 0.4) is 0 Å². The van der Waals surface area contributed by atoms with Crippen LogP contribution in [-0.4, -0.2) is 0 Å². The van der Waals surface area contributed by atoms with Crippen LogP contribution in [0.2, 0.25) is 0 Å². The van der Waals surface area contributed by atoms with E-state index in [0.29, 0.717) is 0 Å². The van der Waals surface area contributed by atoms with Crippen LogP contribution in [0.15, 0.2) is 60.7 Å². The second-order valence-electron chi connectivity index (χ2n) is 6.29. The quantitative estimate of drug-likeness (QED) is 0.330. The van der Waals surface area contributed by atoms with Crippen LogP contribution in [0.4, 0.5) is 0 Å². The van der Waals surface area contributed by atoms with Gasteiger partial charge in [0, 0.05) is 0 Å². The first-order valence-corrected chi connectivity index (χ1v) is 8.02. The van der Waals surface area contributed by atoms with Crippen molar-refractivity contribution >= 4 is 21.5 Å². The first-order valence-electron chi connectivity index (χ1n) is 8.02. The van der Waals surface area contributed by atoms with Gasteiger partial charge in [-0.05, 0) is 0 Å². The first kappa shape index (κ1) is 22.0. The van der Waals surface area contributed by atoms with Gasteiger partial charge in [0.1, 0.15) is 0 Å². The Labute approximate surface area is 177 Å². The van der Waals surface area contributed by atoms with Gasteiger partial charge < -0.3 is 24.8 Å². The van der Waals surface area contributed by atoms with E-state index in [2.05, 4.69) is 74.5 Å². The van der Waals surface area contributed by atoms with Crippen LogP contribution >= 0.6 is 0 Å². The van der Waals surface area contributed by atoms with Crippen LogP contribution in [0.1, 0.15) is 22.3 Å². The van der Waals surface area contributed by atoms with Crippen LogP contribution in [0, 0.1) is 13.8 Å². The predicted octanol–water partition coefficient (Wildman–Crippen LogP) is -0.162. The SMILES string of the molecule is Cc1[cH-]c2ccccc2c1CCc1c(C)[cH-]c2ccccc12.[Cl-].[Cl-].[Ti+4]. The van der Waals surface area contributed by atoms with Gasteiger partial charge >= 0.3 is 21.7 Å². The van der Waals surface area contributed by atoms with Crippen molar-refractivity contribution in [1.82, 2.24) is 0 Å². The third-order valence-corrected chi connectivity index (χ3v) is 4.89.